The number of hydrogen-bond donors (Lipinski definition) is 0. The maximum Gasteiger partial charge on any atom is 0.279 e. The minimum atomic E-state index is -0.236. The monoisotopic (exact) mass is 400 g/mol. The number of carbonyl (C=O) groups excluding carboxylic acids is 1. The van der Waals surface area contributed by atoms with Crippen molar-refractivity contribution in [3.05, 3.63) is 75.0 Å². The molecule has 0 aliphatic carbocycles. The molecule has 0 saturated heterocycles. The predicted octanol–water partition coefficient (Wildman–Crippen LogP) is 5.01. The SMILES string of the molecule is C=CCn1c(=NC(=O)c2ccc(Br)cc2)sc2cc(C)c(C)cc21. The van der Waals surface area contributed by atoms with Gasteiger partial charge in [0, 0.05) is 16.6 Å². The summed E-state index contributed by atoms with van der Waals surface area (Å²) in [6, 6.07) is 11.5. The van der Waals surface area contributed by atoms with E-state index >= 15 is 0 Å². The Hall–Kier alpha value is -1.98. The summed E-state index contributed by atoms with van der Waals surface area (Å²) in [5, 5.41) is 0. The van der Waals surface area contributed by atoms with Crippen LogP contribution in [-0.4, -0.2) is 10.5 Å². The first kappa shape index (κ1) is 16.9. The third-order valence-electron chi connectivity index (χ3n) is 3.90. The lowest BCUT2D eigenvalue weighted by molar-refractivity contribution is 0.0998. The lowest BCUT2D eigenvalue weighted by atomic mass is 10.1. The van der Waals surface area contributed by atoms with Crippen molar-refractivity contribution in [3.63, 3.8) is 0 Å². The zero-order chi connectivity index (χ0) is 17.3. The first-order valence-corrected chi connectivity index (χ1v) is 9.16. The molecule has 1 amide bonds. The third-order valence-corrected chi connectivity index (χ3v) is 5.47. The third kappa shape index (κ3) is 3.28. The fourth-order valence-electron chi connectivity index (χ4n) is 2.46. The Balaban J connectivity index is 2.16. The molecule has 0 saturated carbocycles. The van der Waals surface area contributed by atoms with Crippen LogP contribution in [0, 0.1) is 13.8 Å². The van der Waals surface area contributed by atoms with Gasteiger partial charge in [-0.1, -0.05) is 33.3 Å². The van der Waals surface area contributed by atoms with Gasteiger partial charge in [0.1, 0.15) is 0 Å². The number of carbonyl (C=O) groups is 1. The van der Waals surface area contributed by atoms with Crippen molar-refractivity contribution >= 4 is 43.4 Å². The molecule has 1 aromatic heterocycles. The molecule has 0 bridgehead atoms. The molecular weight excluding hydrogens is 384 g/mol. The molecule has 0 spiro atoms. The number of nitrogens with zero attached hydrogens (tertiary/aromatic N) is 2. The summed E-state index contributed by atoms with van der Waals surface area (Å²) in [4.78, 5) is 17.5. The maximum atomic E-state index is 12.5. The summed E-state index contributed by atoms with van der Waals surface area (Å²) in [5.41, 5.74) is 4.13. The van der Waals surface area contributed by atoms with E-state index in [-0.39, 0.29) is 5.91 Å². The van der Waals surface area contributed by atoms with Crippen LogP contribution in [0.3, 0.4) is 0 Å². The number of hydrogen-bond acceptors (Lipinski definition) is 2. The Kier molecular flexibility index (Phi) is 4.83. The highest BCUT2D eigenvalue weighted by Gasteiger charge is 2.10. The quantitative estimate of drug-likeness (QED) is 0.568. The Labute approximate surface area is 153 Å². The highest BCUT2D eigenvalue weighted by Crippen LogP contribution is 2.22. The number of aromatic nitrogens is 1. The largest absolute Gasteiger partial charge is 0.312 e. The van der Waals surface area contributed by atoms with Crippen molar-refractivity contribution < 1.29 is 4.79 Å². The molecule has 2 aromatic carbocycles. The molecule has 3 aromatic rings. The number of aryl methyl sites for hydroxylation is 2. The molecule has 0 radical (unpaired) electrons. The van der Waals surface area contributed by atoms with Crippen molar-refractivity contribution in [3.8, 4) is 0 Å². The van der Waals surface area contributed by atoms with Gasteiger partial charge < -0.3 is 4.57 Å². The van der Waals surface area contributed by atoms with Crippen LogP contribution in [-0.2, 0) is 6.54 Å². The van der Waals surface area contributed by atoms with Crippen molar-refractivity contribution in [1.29, 1.82) is 0 Å². The molecule has 3 rings (SSSR count). The highest BCUT2D eigenvalue weighted by molar-refractivity contribution is 9.10. The van der Waals surface area contributed by atoms with Gasteiger partial charge in [0.2, 0.25) is 0 Å². The van der Waals surface area contributed by atoms with Gasteiger partial charge in [0.25, 0.3) is 5.91 Å². The van der Waals surface area contributed by atoms with Gasteiger partial charge in [-0.05, 0) is 61.4 Å². The summed E-state index contributed by atoms with van der Waals surface area (Å²) >= 11 is 4.91. The number of rotatable bonds is 3. The summed E-state index contributed by atoms with van der Waals surface area (Å²) in [6.45, 7) is 8.63. The molecule has 0 atom stereocenters. The lowest BCUT2D eigenvalue weighted by Gasteiger charge is -2.04. The Morgan fingerprint density at radius 3 is 2.58 bits per heavy atom. The Morgan fingerprint density at radius 2 is 1.92 bits per heavy atom. The molecule has 0 aliphatic rings. The summed E-state index contributed by atoms with van der Waals surface area (Å²) < 4.78 is 4.10. The molecule has 122 valence electrons. The van der Waals surface area contributed by atoms with Crippen LogP contribution in [0.4, 0.5) is 0 Å². The standard InChI is InChI=1S/C19H17BrN2OS/c1-4-9-22-16-10-12(2)13(3)11-17(16)24-19(22)21-18(23)14-5-7-15(20)8-6-14/h4-8,10-11H,1,9H2,2-3H3. The van der Waals surface area contributed by atoms with Crippen LogP contribution in [0.5, 0.6) is 0 Å². The first-order chi connectivity index (χ1) is 11.5. The average molecular weight is 401 g/mol. The van der Waals surface area contributed by atoms with Crippen LogP contribution in [0.15, 0.2) is 58.5 Å². The second kappa shape index (κ2) is 6.87. The highest BCUT2D eigenvalue weighted by atomic mass is 79.9. The summed E-state index contributed by atoms with van der Waals surface area (Å²) in [5.74, 6) is -0.236. The Bertz CT molecular complexity index is 997. The van der Waals surface area contributed by atoms with Gasteiger partial charge in [0.15, 0.2) is 4.80 Å². The van der Waals surface area contributed by atoms with Crippen molar-refractivity contribution in [2.24, 2.45) is 4.99 Å². The molecule has 3 nitrogen and oxygen atoms in total. The molecule has 0 unspecified atom stereocenters. The van der Waals surface area contributed by atoms with Gasteiger partial charge in [-0.3, -0.25) is 4.79 Å². The minimum Gasteiger partial charge on any atom is -0.312 e. The number of thiazole rings is 1. The van der Waals surface area contributed by atoms with Gasteiger partial charge in [-0.15, -0.1) is 6.58 Å². The van der Waals surface area contributed by atoms with Crippen LogP contribution < -0.4 is 4.80 Å². The van der Waals surface area contributed by atoms with Crippen molar-refractivity contribution in [2.45, 2.75) is 20.4 Å². The van der Waals surface area contributed by atoms with Gasteiger partial charge >= 0.3 is 0 Å². The fourth-order valence-corrected chi connectivity index (χ4v) is 3.84. The number of halogens is 1. The molecule has 0 N–H and O–H groups in total. The van der Waals surface area contributed by atoms with E-state index in [0.29, 0.717) is 16.9 Å². The number of allylic oxidation sites excluding steroid dienone is 1. The van der Waals surface area contributed by atoms with Gasteiger partial charge in [-0.2, -0.15) is 4.99 Å². The van der Waals surface area contributed by atoms with Crippen molar-refractivity contribution in [1.82, 2.24) is 4.57 Å². The van der Waals surface area contributed by atoms with Crippen LogP contribution >= 0.6 is 27.3 Å². The molecule has 0 fully saturated rings. The number of benzene rings is 2. The maximum absolute atomic E-state index is 12.5. The molecule has 24 heavy (non-hydrogen) atoms. The average Bonchev–Trinajstić information content (AvgIpc) is 2.86. The van der Waals surface area contributed by atoms with E-state index in [1.165, 1.54) is 22.5 Å². The van der Waals surface area contributed by atoms with Gasteiger partial charge in [-0.25, -0.2) is 0 Å². The van der Waals surface area contributed by atoms with E-state index in [9.17, 15) is 4.79 Å². The molecular formula is C19H17BrN2OS. The van der Waals surface area contributed by atoms with E-state index in [1.54, 1.807) is 12.1 Å². The first-order valence-electron chi connectivity index (χ1n) is 7.55. The molecule has 1 heterocycles. The lowest BCUT2D eigenvalue weighted by Crippen LogP contribution is -2.16. The van der Waals surface area contributed by atoms with Gasteiger partial charge in [0.05, 0.1) is 10.2 Å². The molecule has 0 aliphatic heterocycles. The van der Waals surface area contributed by atoms with E-state index in [0.717, 1.165) is 14.7 Å². The fraction of sp³-hybridized carbons (Fsp3) is 0.158. The Morgan fingerprint density at radius 1 is 1.25 bits per heavy atom. The van der Waals surface area contributed by atoms with E-state index in [4.69, 9.17) is 0 Å². The van der Waals surface area contributed by atoms with Crippen LogP contribution in [0.2, 0.25) is 0 Å². The zero-order valence-corrected chi connectivity index (χ0v) is 15.9. The second-order valence-electron chi connectivity index (χ2n) is 5.61. The molecule has 5 heteroatoms. The van der Waals surface area contributed by atoms with E-state index in [2.05, 4.69) is 53.5 Å². The van der Waals surface area contributed by atoms with Crippen LogP contribution in [0.1, 0.15) is 21.5 Å². The summed E-state index contributed by atoms with van der Waals surface area (Å²) in [6.07, 6.45) is 1.82. The van der Waals surface area contributed by atoms with Crippen molar-refractivity contribution in [2.75, 3.05) is 0 Å². The van der Waals surface area contributed by atoms with E-state index in [1.807, 2.05) is 22.8 Å². The number of fused-ring (bicyclic) bond motifs is 1. The smallest absolute Gasteiger partial charge is 0.279 e. The second-order valence-corrected chi connectivity index (χ2v) is 7.54. The normalized spacial score (nSPS) is 11.9. The summed E-state index contributed by atoms with van der Waals surface area (Å²) in [7, 11) is 0. The predicted molar refractivity (Wildman–Crippen MR) is 104 cm³/mol. The minimum absolute atomic E-state index is 0.236. The van der Waals surface area contributed by atoms with E-state index < -0.39 is 0 Å². The van der Waals surface area contributed by atoms with Crippen LogP contribution in [0.25, 0.3) is 10.2 Å². The number of amides is 1. The topological polar surface area (TPSA) is 34.4 Å². The zero-order valence-electron chi connectivity index (χ0n) is 13.5.